The van der Waals surface area contributed by atoms with Crippen LogP contribution in [-0.2, 0) is 38.7 Å². The molecule has 0 aromatic rings. The summed E-state index contributed by atoms with van der Waals surface area (Å²) in [6, 6.07) is 0. The van der Waals surface area contributed by atoms with Gasteiger partial charge in [0.1, 0.15) is 36.8 Å². The highest BCUT2D eigenvalue weighted by atomic mass is 32.2. The maximum Gasteiger partial charge on any atom is 0.306 e. The number of esters is 2. The van der Waals surface area contributed by atoms with Crippen LogP contribution in [0.25, 0.3) is 0 Å². The van der Waals surface area contributed by atoms with Gasteiger partial charge in [-0.3, -0.25) is 14.1 Å². The molecule has 0 saturated carbocycles. The Hall–Kier alpha value is -1.87. The van der Waals surface area contributed by atoms with Crippen LogP contribution < -0.4 is 0 Å². The quantitative estimate of drug-likeness (QED) is 0.0198. The van der Waals surface area contributed by atoms with Crippen LogP contribution in [0.5, 0.6) is 0 Å². The van der Waals surface area contributed by atoms with Crippen LogP contribution in [0.3, 0.4) is 0 Å². The standard InChI is InChI=1S/C47H86O12S/c1-3-5-7-9-11-13-15-17-19-21-23-25-27-29-31-33-35-42(48)56-37-40(38-57-47-46(52)45(51)44(50)41(59-47)39-60(53,54)55)58-43(49)36-34-32-30-28-26-24-22-20-18-16-14-12-10-8-6-4-2/h19-22,40-41,44-47,50-52H,3-18,23-39H2,1-2H3,(H,53,54,55)/b21-19-,22-20-. The van der Waals surface area contributed by atoms with Crippen LogP contribution in [0.2, 0.25) is 0 Å². The maximum atomic E-state index is 12.8. The Labute approximate surface area is 364 Å². The van der Waals surface area contributed by atoms with Gasteiger partial charge in [0.05, 0.1) is 6.61 Å². The molecule has 1 aliphatic rings. The van der Waals surface area contributed by atoms with Crippen molar-refractivity contribution in [3.05, 3.63) is 24.3 Å². The Kier molecular flexibility index (Phi) is 35.2. The molecule has 352 valence electrons. The first-order chi connectivity index (χ1) is 29.0. The average molecular weight is 875 g/mol. The summed E-state index contributed by atoms with van der Waals surface area (Å²) in [6.45, 7) is 3.75. The Balaban J connectivity index is 2.43. The minimum atomic E-state index is -4.60. The normalized spacial score (nSPS) is 20.3. The molecule has 6 atom stereocenters. The minimum absolute atomic E-state index is 0.154. The fourth-order valence-corrected chi connectivity index (χ4v) is 7.95. The number of unbranched alkanes of at least 4 members (excludes halogenated alkanes) is 24. The van der Waals surface area contributed by atoms with Gasteiger partial charge in [0.15, 0.2) is 12.4 Å². The molecule has 1 saturated heterocycles. The smallest absolute Gasteiger partial charge is 0.306 e. The third-order valence-corrected chi connectivity index (χ3v) is 11.8. The lowest BCUT2D eigenvalue weighted by molar-refractivity contribution is -0.297. The summed E-state index contributed by atoms with van der Waals surface area (Å²) in [7, 11) is -4.60. The second kappa shape index (κ2) is 37.7. The van der Waals surface area contributed by atoms with E-state index in [0.717, 1.165) is 77.0 Å². The summed E-state index contributed by atoms with van der Waals surface area (Å²) < 4.78 is 54.1. The van der Waals surface area contributed by atoms with Gasteiger partial charge in [0, 0.05) is 12.8 Å². The van der Waals surface area contributed by atoms with Gasteiger partial charge in [-0.1, -0.05) is 154 Å². The number of aliphatic hydroxyl groups is 3. The summed E-state index contributed by atoms with van der Waals surface area (Å²) in [5, 5.41) is 30.9. The Morgan fingerprint density at radius 1 is 0.550 bits per heavy atom. The molecule has 0 bridgehead atoms. The van der Waals surface area contributed by atoms with Gasteiger partial charge in [-0.05, 0) is 64.2 Å². The predicted octanol–water partition coefficient (Wildman–Crippen LogP) is 10.0. The molecule has 1 rings (SSSR count). The van der Waals surface area contributed by atoms with Gasteiger partial charge < -0.3 is 34.3 Å². The molecule has 1 fully saturated rings. The summed E-state index contributed by atoms with van der Waals surface area (Å²) in [6.07, 6.45) is 32.2. The van der Waals surface area contributed by atoms with E-state index in [1.165, 1.54) is 89.9 Å². The number of carbonyl (C=O) groups is 2. The largest absolute Gasteiger partial charge is 0.462 e. The van der Waals surface area contributed by atoms with Crippen molar-refractivity contribution in [3.8, 4) is 0 Å². The number of hydrogen-bond acceptors (Lipinski definition) is 11. The second-order valence-corrected chi connectivity index (χ2v) is 18.3. The van der Waals surface area contributed by atoms with Crippen LogP contribution in [0, 0.1) is 0 Å². The van der Waals surface area contributed by atoms with Crippen molar-refractivity contribution in [1.29, 1.82) is 0 Å². The van der Waals surface area contributed by atoms with Crippen molar-refractivity contribution in [2.75, 3.05) is 19.0 Å². The molecular weight excluding hydrogens is 789 g/mol. The lowest BCUT2D eigenvalue weighted by atomic mass is 10.00. The number of aliphatic hydroxyl groups excluding tert-OH is 3. The van der Waals surface area contributed by atoms with Crippen LogP contribution in [-0.4, -0.2) is 96.0 Å². The van der Waals surface area contributed by atoms with Gasteiger partial charge in [-0.25, -0.2) is 0 Å². The molecule has 0 aromatic carbocycles. The molecule has 0 radical (unpaired) electrons. The molecule has 0 aliphatic carbocycles. The van der Waals surface area contributed by atoms with E-state index in [1.54, 1.807) is 0 Å². The molecule has 4 N–H and O–H groups in total. The summed E-state index contributed by atoms with van der Waals surface area (Å²) in [5.74, 6) is -2.00. The van der Waals surface area contributed by atoms with E-state index in [2.05, 4.69) is 38.2 Å². The third-order valence-electron chi connectivity index (χ3n) is 11.0. The highest BCUT2D eigenvalue weighted by Gasteiger charge is 2.46. The third kappa shape index (κ3) is 31.9. The summed E-state index contributed by atoms with van der Waals surface area (Å²) >= 11 is 0. The van der Waals surface area contributed by atoms with E-state index in [9.17, 15) is 37.9 Å². The lowest BCUT2D eigenvalue weighted by Crippen LogP contribution is -2.60. The molecule has 0 aromatic heterocycles. The fraction of sp³-hybridized carbons (Fsp3) is 0.872. The lowest BCUT2D eigenvalue weighted by Gasteiger charge is -2.40. The van der Waals surface area contributed by atoms with E-state index >= 15 is 0 Å². The Morgan fingerprint density at radius 3 is 1.38 bits per heavy atom. The van der Waals surface area contributed by atoms with Gasteiger partial charge in [0.2, 0.25) is 0 Å². The van der Waals surface area contributed by atoms with Crippen molar-refractivity contribution in [2.45, 2.75) is 243 Å². The zero-order valence-electron chi connectivity index (χ0n) is 37.6. The zero-order valence-corrected chi connectivity index (χ0v) is 38.4. The number of carbonyl (C=O) groups excluding carboxylic acids is 2. The van der Waals surface area contributed by atoms with Crippen LogP contribution in [0.1, 0.15) is 206 Å². The molecule has 0 amide bonds. The highest BCUT2D eigenvalue weighted by molar-refractivity contribution is 7.85. The first-order valence-electron chi connectivity index (χ1n) is 23.9. The van der Waals surface area contributed by atoms with Gasteiger partial charge in [0.25, 0.3) is 10.1 Å². The van der Waals surface area contributed by atoms with Crippen molar-refractivity contribution >= 4 is 22.1 Å². The van der Waals surface area contributed by atoms with Crippen molar-refractivity contribution in [1.82, 2.24) is 0 Å². The zero-order chi connectivity index (χ0) is 44.1. The van der Waals surface area contributed by atoms with E-state index in [4.69, 9.17) is 18.9 Å². The van der Waals surface area contributed by atoms with E-state index in [-0.39, 0.29) is 19.4 Å². The number of allylic oxidation sites excluding steroid dienone is 4. The summed E-state index contributed by atoms with van der Waals surface area (Å²) in [4.78, 5) is 25.4. The van der Waals surface area contributed by atoms with Crippen LogP contribution in [0.4, 0.5) is 0 Å². The molecular formula is C47H86O12S. The molecule has 13 heteroatoms. The predicted molar refractivity (Wildman–Crippen MR) is 238 cm³/mol. The number of hydrogen-bond donors (Lipinski definition) is 4. The topological polar surface area (TPSA) is 186 Å². The molecule has 60 heavy (non-hydrogen) atoms. The van der Waals surface area contributed by atoms with E-state index in [0.29, 0.717) is 12.8 Å². The molecule has 6 unspecified atom stereocenters. The van der Waals surface area contributed by atoms with Crippen LogP contribution >= 0.6 is 0 Å². The maximum absolute atomic E-state index is 12.8. The number of ether oxygens (including phenoxy) is 4. The highest BCUT2D eigenvalue weighted by Crippen LogP contribution is 2.24. The Morgan fingerprint density at radius 2 is 0.950 bits per heavy atom. The van der Waals surface area contributed by atoms with Crippen molar-refractivity contribution < 1.29 is 56.8 Å². The van der Waals surface area contributed by atoms with Crippen molar-refractivity contribution in [2.24, 2.45) is 0 Å². The first kappa shape index (κ1) is 56.1. The molecule has 12 nitrogen and oxygen atoms in total. The molecule has 1 heterocycles. The van der Waals surface area contributed by atoms with Crippen molar-refractivity contribution in [3.63, 3.8) is 0 Å². The fourth-order valence-electron chi connectivity index (χ4n) is 7.25. The monoisotopic (exact) mass is 875 g/mol. The summed E-state index contributed by atoms with van der Waals surface area (Å²) in [5.41, 5.74) is 0. The molecule has 1 aliphatic heterocycles. The minimum Gasteiger partial charge on any atom is -0.462 e. The Bertz CT molecular complexity index is 1210. The van der Waals surface area contributed by atoms with Crippen LogP contribution in [0.15, 0.2) is 24.3 Å². The number of rotatable bonds is 40. The van der Waals surface area contributed by atoms with Gasteiger partial charge in [-0.2, -0.15) is 8.42 Å². The van der Waals surface area contributed by atoms with Gasteiger partial charge >= 0.3 is 11.9 Å². The SMILES string of the molecule is CCCCCCCCC/C=C\CCCCCCCC(=O)OCC(COC1OC(CS(=O)(=O)O)C(O)C(O)C1O)OC(=O)CCCCCCC/C=C\CCCCCCCCC. The first-order valence-corrected chi connectivity index (χ1v) is 25.5. The second-order valence-electron chi connectivity index (χ2n) is 16.8. The van der Waals surface area contributed by atoms with Gasteiger partial charge in [-0.15, -0.1) is 0 Å². The average Bonchev–Trinajstić information content (AvgIpc) is 3.21. The van der Waals surface area contributed by atoms with E-state index in [1.807, 2.05) is 0 Å². The van der Waals surface area contributed by atoms with E-state index < -0.39 is 71.2 Å². The molecule has 0 spiro atoms.